The van der Waals surface area contributed by atoms with E-state index in [1.54, 1.807) is 6.92 Å². The molecule has 0 spiro atoms. The van der Waals surface area contributed by atoms with Crippen LogP contribution in [0.5, 0.6) is 10.8 Å². The van der Waals surface area contributed by atoms with E-state index >= 15 is 0 Å². The van der Waals surface area contributed by atoms with E-state index in [0.29, 0.717) is 10.8 Å². The summed E-state index contributed by atoms with van der Waals surface area (Å²) in [7, 11) is 0. The van der Waals surface area contributed by atoms with E-state index in [9.17, 15) is 18.0 Å². The number of hydrogen-bond acceptors (Lipinski definition) is 6. The summed E-state index contributed by atoms with van der Waals surface area (Å²) in [6.07, 6.45) is 2.66. The average molecular weight is 498 g/mol. The fourth-order valence-electron chi connectivity index (χ4n) is 3.87. The van der Waals surface area contributed by atoms with Gasteiger partial charge in [0.05, 0.1) is 29.0 Å². The van der Waals surface area contributed by atoms with Crippen LogP contribution >= 0.6 is 11.3 Å². The summed E-state index contributed by atoms with van der Waals surface area (Å²) in [6.45, 7) is 1.41. The molecule has 1 saturated carbocycles. The number of benzene rings is 2. The molecular formula is C24H18F3N5O2S. The third-order valence-electron chi connectivity index (χ3n) is 5.93. The second-order valence-corrected chi connectivity index (χ2v) is 9.28. The number of halogens is 3. The molecule has 2 aromatic heterocycles. The molecule has 0 N–H and O–H groups in total. The first-order chi connectivity index (χ1) is 16.8. The van der Waals surface area contributed by atoms with Gasteiger partial charge < -0.3 is 4.74 Å². The minimum atomic E-state index is -0.777. The van der Waals surface area contributed by atoms with Crippen LogP contribution in [0.4, 0.5) is 13.2 Å². The van der Waals surface area contributed by atoms with E-state index in [0.717, 1.165) is 51.6 Å². The van der Waals surface area contributed by atoms with E-state index < -0.39 is 23.1 Å². The summed E-state index contributed by atoms with van der Waals surface area (Å²) in [6, 6.07) is 9.61. The van der Waals surface area contributed by atoms with Gasteiger partial charge in [0.15, 0.2) is 11.6 Å². The van der Waals surface area contributed by atoms with Crippen LogP contribution in [0.15, 0.2) is 47.5 Å². The van der Waals surface area contributed by atoms with Crippen molar-refractivity contribution in [2.75, 3.05) is 0 Å². The van der Waals surface area contributed by atoms with Gasteiger partial charge in [-0.15, -0.1) is 0 Å². The van der Waals surface area contributed by atoms with Gasteiger partial charge in [0.25, 0.3) is 0 Å². The molecule has 1 aliphatic rings. The maximum Gasteiger partial charge on any atom is 0.350 e. The molecule has 0 aliphatic heterocycles. The van der Waals surface area contributed by atoms with E-state index in [1.807, 2.05) is 0 Å². The van der Waals surface area contributed by atoms with Crippen LogP contribution in [0.2, 0.25) is 0 Å². The quantitative estimate of drug-likeness (QED) is 0.371. The summed E-state index contributed by atoms with van der Waals surface area (Å²) < 4.78 is 50.5. The predicted molar refractivity (Wildman–Crippen MR) is 121 cm³/mol. The van der Waals surface area contributed by atoms with Gasteiger partial charge in [-0.05, 0) is 44.0 Å². The third-order valence-corrected chi connectivity index (χ3v) is 7.12. The van der Waals surface area contributed by atoms with Crippen LogP contribution in [-0.4, -0.2) is 19.3 Å². The first-order valence-electron chi connectivity index (χ1n) is 10.8. The standard InChI is InChI=1S/C24H18F3N5O2S/c1-13-23(35-22(30-13)15-7-14(8-15)10-28)34-21-6-5-16(9-20(21)27)32-24(33)31(12-29-32)11-17-18(25)3-2-4-19(17)26/h2-6,9,12,14-15H,7-8,11H2,1H3. The molecule has 0 bridgehead atoms. The summed E-state index contributed by atoms with van der Waals surface area (Å²) in [5, 5.41) is 14.2. The van der Waals surface area contributed by atoms with E-state index in [2.05, 4.69) is 16.2 Å². The minimum Gasteiger partial charge on any atom is -0.442 e. The van der Waals surface area contributed by atoms with Crippen LogP contribution in [0.25, 0.3) is 5.69 Å². The van der Waals surface area contributed by atoms with Crippen molar-refractivity contribution < 1.29 is 17.9 Å². The molecule has 0 radical (unpaired) electrons. The SMILES string of the molecule is Cc1nc(C2CC(C#N)C2)sc1Oc1ccc(-n2ncn(Cc3c(F)cccc3F)c2=O)cc1F. The maximum atomic E-state index is 14.9. The van der Waals surface area contributed by atoms with E-state index in [-0.39, 0.29) is 35.4 Å². The molecule has 11 heteroatoms. The first kappa shape index (κ1) is 22.9. The highest BCUT2D eigenvalue weighted by Crippen LogP contribution is 2.45. The molecule has 0 amide bonds. The van der Waals surface area contributed by atoms with Crippen molar-refractivity contribution in [1.29, 1.82) is 5.26 Å². The first-order valence-corrected chi connectivity index (χ1v) is 11.6. The summed E-state index contributed by atoms with van der Waals surface area (Å²) in [5.74, 6) is -2.05. The molecule has 35 heavy (non-hydrogen) atoms. The van der Waals surface area contributed by atoms with Gasteiger partial charge in [-0.25, -0.2) is 22.9 Å². The monoisotopic (exact) mass is 497 g/mol. The second kappa shape index (κ2) is 9.03. The zero-order valence-corrected chi connectivity index (χ0v) is 19.2. The number of rotatable bonds is 6. The molecule has 0 atom stereocenters. The Labute approximate surface area is 201 Å². The molecule has 2 heterocycles. The van der Waals surface area contributed by atoms with Crippen molar-refractivity contribution in [2.24, 2.45) is 5.92 Å². The number of ether oxygens (including phenoxy) is 1. The number of aromatic nitrogens is 4. The fourth-order valence-corrected chi connectivity index (χ4v) is 4.93. The van der Waals surface area contributed by atoms with Crippen molar-refractivity contribution in [2.45, 2.75) is 32.2 Å². The largest absolute Gasteiger partial charge is 0.442 e. The zero-order valence-electron chi connectivity index (χ0n) is 18.4. The molecule has 7 nitrogen and oxygen atoms in total. The molecule has 2 aromatic carbocycles. The summed E-state index contributed by atoms with van der Waals surface area (Å²) in [4.78, 5) is 17.2. The van der Waals surface area contributed by atoms with Crippen molar-refractivity contribution >= 4 is 11.3 Å². The van der Waals surface area contributed by atoms with Crippen LogP contribution < -0.4 is 10.4 Å². The molecule has 0 saturated heterocycles. The smallest absolute Gasteiger partial charge is 0.350 e. The van der Waals surface area contributed by atoms with Crippen molar-refractivity contribution in [1.82, 2.24) is 19.3 Å². The van der Waals surface area contributed by atoms with Crippen molar-refractivity contribution in [3.63, 3.8) is 0 Å². The van der Waals surface area contributed by atoms with E-state index in [4.69, 9.17) is 10.00 Å². The Morgan fingerprint density at radius 2 is 1.91 bits per heavy atom. The van der Waals surface area contributed by atoms with Gasteiger partial charge in [0.2, 0.25) is 5.06 Å². The highest BCUT2D eigenvalue weighted by atomic mass is 32.1. The Balaban J connectivity index is 1.35. The Morgan fingerprint density at radius 1 is 1.17 bits per heavy atom. The van der Waals surface area contributed by atoms with Gasteiger partial charge in [0.1, 0.15) is 18.0 Å². The van der Waals surface area contributed by atoms with Crippen molar-refractivity contribution in [3.05, 3.63) is 86.9 Å². The Hall–Kier alpha value is -3.91. The molecule has 178 valence electrons. The molecule has 0 unspecified atom stereocenters. The normalized spacial score (nSPS) is 17.1. The predicted octanol–water partition coefficient (Wildman–Crippen LogP) is 5.07. The minimum absolute atomic E-state index is 0.0449. The van der Waals surface area contributed by atoms with E-state index in [1.165, 1.54) is 29.5 Å². The van der Waals surface area contributed by atoms with Gasteiger partial charge >= 0.3 is 5.69 Å². The number of nitrogens with zero attached hydrogens (tertiary/aromatic N) is 5. The average Bonchev–Trinajstić information content (AvgIpc) is 3.34. The third kappa shape index (κ3) is 4.33. The molecular weight excluding hydrogens is 479 g/mol. The number of nitriles is 1. The highest BCUT2D eigenvalue weighted by molar-refractivity contribution is 7.13. The van der Waals surface area contributed by atoms with Gasteiger partial charge in [0, 0.05) is 23.5 Å². The molecule has 1 aliphatic carbocycles. The molecule has 1 fully saturated rings. The lowest BCUT2D eigenvalue weighted by molar-refractivity contribution is 0.330. The highest BCUT2D eigenvalue weighted by Gasteiger charge is 2.33. The summed E-state index contributed by atoms with van der Waals surface area (Å²) in [5.41, 5.74) is -0.191. The van der Waals surface area contributed by atoms with Crippen molar-refractivity contribution in [3.8, 4) is 22.6 Å². The Morgan fingerprint density at radius 3 is 2.60 bits per heavy atom. The van der Waals surface area contributed by atoms with Crippen LogP contribution in [-0.2, 0) is 6.54 Å². The fraction of sp³-hybridized carbons (Fsp3) is 0.250. The summed E-state index contributed by atoms with van der Waals surface area (Å²) >= 11 is 1.33. The van der Waals surface area contributed by atoms with Gasteiger partial charge in [-0.3, -0.25) is 4.57 Å². The number of aryl methyl sites for hydroxylation is 1. The Kier molecular flexibility index (Phi) is 5.90. The lowest BCUT2D eigenvalue weighted by Crippen LogP contribution is -2.24. The lowest BCUT2D eigenvalue weighted by atomic mass is 9.76. The zero-order chi connectivity index (χ0) is 24.7. The maximum absolute atomic E-state index is 14.9. The number of hydrogen-bond donors (Lipinski definition) is 0. The van der Waals surface area contributed by atoms with Gasteiger partial charge in [-0.1, -0.05) is 17.4 Å². The van der Waals surface area contributed by atoms with Gasteiger partial charge in [-0.2, -0.15) is 15.0 Å². The second-order valence-electron chi connectivity index (χ2n) is 8.29. The molecule has 5 rings (SSSR count). The molecule has 4 aromatic rings. The Bertz CT molecular complexity index is 1490. The lowest BCUT2D eigenvalue weighted by Gasteiger charge is -2.28. The van der Waals surface area contributed by atoms with Crippen LogP contribution in [0.1, 0.15) is 35.0 Å². The van der Waals surface area contributed by atoms with Crippen LogP contribution in [0, 0.1) is 41.6 Å². The topological polar surface area (TPSA) is 85.7 Å². The number of thiazole rings is 1. The van der Waals surface area contributed by atoms with Crippen LogP contribution in [0.3, 0.4) is 0 Å².